The van der Waals surface area contributed by atoms with Crippen molar-refractivity contribution in [2.24, 2.45) is 5.14 Å². The number of sulfonamides is 2. The third kappa shape index (κ3) is 5.03. The fourth-order valence-corrected chi connectivity index (χ4v) is 3.95. The van der Waals surface area contributed by atoms with Crippen LogP contribution >= 0.6 is 0 Å². The van der Waals surface area contributed by atoms with E-state index in [0.717, 1.165) is 23.4 Å². The summed E-state index contributed by atoms with van der Waals surface area (Å²) < 4.78 is 50.1. The maximum absolute atomic E-state index is 12.5. The highest BCUT2D eigenvalue weighted by molar-refractivity contribution is 7.92. The lowest BCUT2D eigenvalue weighted by atomic mass is 10.2. The standard InChI is InChI=1S/C19H17N3O4S2/c20-27(23,24)18-9-11-19(12-10-18)28(25,26)22-17-6-3-4-15(14-17)7-8-16-5-1-2-13-21-16/h1-14,22H,(H2,20,23,24)/b8-7+. The minimum Gasteiger partial charge on any atom is -0.280 e. The Hall–Kier alpha value is -3.01. The van der Waals surface area contributed by atoms with Gasteiger partial charge >= 0.3 is 0 Å². The van der Waals surface area contributed by atoms with Gasteiger partial charge in [0.1, 0.15) is 0 Å². The Balaban J connectivity index is 1.80. The van der Waals surface area contributed by atoms with Gasteiger partial charge in [0.15, 0.2) is 0 Å². The maximum Gasteiger partial charge on any atom is 0.261 e. The van der Waals surface area contributed by atoms with E-state index in [9.17, 15) is 16.8 Å². The first-order valence-electron chi connectivity index (χ1n) is 8.09. The molecule has 2 aromatic carbocycles. The third-order valence-corrected chi connectivity index (χ3v) is 6.06. The van der Waals surface area contributed by atoms with Gasteiger partial charge in [-0.3, -0.25) is 9.71 Å². The van der Waals surface area contributed by atoms with Crippen molar-refractivity contribution in [3.8, 4) is 0 Å². The van der Waals surface area contributed by atoms with E-state index in [1.807, 2.05) is 36.4 Å². The third-order valence-electron chi connectivity index (χ3n) is 3.74. The second kappa shape index (κ2) is 7.93. The molecule has 0 spiro atoms. The Labute approximate surface area is 163 Å². The van der Waals surface area contributed by atoms with Crippen LogP contribution in [0.3, 0.4) is 0 Å². The van der Waals surface area contributed by atoms with Crippen molar-refractivity contribution in [2.45, 2.75) is 9.79 Å². The first-order chi connectivity index (χ1) is 13.2. The summed E-state index contributed by atoms with van der Waals surface area (Å²) in [6, 6.07) is 17.1. The van der Waals surface area contributed by atoms with Crippen LogP contribution in [-0.4, -0.2) is 21.8 Å². The first kappa shape index (κ1) is 19.7. The highest BCUT2D eigenvalue weighted by Gasteiger charge is 2.16. The van der Waals surface area contributed by atoms with E-state index < -0.39 is 20.0 Å². The van der Waals surface area contributed by atoms with Crippen molar-refractivity contribution in [3.05, 3.63) is 84.2 Å². The molecule has 0 aliphatic heterocycles. The van der Waals surface area contributed by atoms with Crippen molar-refractivity contribution >= 4 is 37.9 Å². The lowest BCUT2D eigenvalue weighted by Gasteiger charge is -2.09. The van der Waals surface area contributed by atoms with Crippen molar-refractivity contribution < 1.29 is 16.8 Å². The molecule has 1 heterocycles. The molecule has 3 aromatic rings. The molecule has 0 saturated carbocycles. The zero-order chi connectivity index (χ0) is 20.2. The number of nitrogens with one attached hydrogen (secondary N) is 1. The lowest BCUT2D eigenvalue weighted by molar-refractivity contribution is 0.595. The Morgan fingerprint density at radius 3 is 2.18 bits per heavy atom. The van der Waals surface area contributed by atoms with Crippen LogP contribution in [0.4, 0.5) is 5.69 Å². The number of aromatic nitrogens is 1. The maximum atomic E-state index is 12.5. The van der Waals surface area contributed by atoms with Gasteiger partial charge in [-0.05, 0) is 60.2 Å². The summed E-state index contributed by atoms with van der Waals surface area (Å²) >= 11 is 0. The fourth-order valence-electron chi connectivity index (χ4n) is 2.38. The van der Waals surface area contributed by atoms with E-state index in [4.69, 9.17) is 5.14 Å². The van der Waals surface area contributed by atoms with Gasteiger partial charge in [-0.25, -0.2) is 22.0 Å². The SMILES string of the molecule is NS(=O)(=O)c1ccc(S(=O)(=O)Nc2cccc(/C=C/c3ccccn3)c2)cc1. The van der Waals surface area contributed by atoms with E-state index in [1.54, 1.807) is 24.4 Å². The number of rotatable bonds is 6. The Bertz CT molecular complexity index is 1210. The Morgan fingerprint density at radius 1 is 0.821 bits per heavy atom. The highest BCUT2D eigenvalue weighted by Crippen LogP contribution is 2.19. The molecular formula is C19H17N3O4S2. The summed E-state index contributed by atoms with van der Waals surface area (Å²) in [6.45, 7) is 0. The lowest BCUT2D eigenvalue weighted by Crippen LogP contribution is -2.15. The van der Waals surface area contributed by atoms with Gasteiger partial charge in [0.25, 0.3) is 10.0 Å². The van der Waals surface area contributed by atoms with E-state index in [0.29, 0.717) is 5.69 Å². The molecule has 0 radical (unpaired) electrons. The second-order valence-corrected chi connectivity index (χ2v) is 9.08. The zero-order valence-corrected chi connectivity index (χ0v) is 16.2. The number of hydrogen-bond donors (Lipinski definition) is 2. The summed E-state index contributed by atoms with van der Waals surface area (Å²) in [5.41, 5.74) is 1.94. The molecular weight excluding hydrogens is 398 g/mol. The average Bonchev–Trinajstić information content (AvgIpc) is 2.67. The molecule has 144 valence electrons. The average molecular weight is 415 g/mol. The van der Waals surface area contributed by atoms with Crippen LogP contribution in [0.2, 0.25) is 0 Å². The summed E-state index contributed by atoms with van der Waals surface area (Å²) in [6.07, 6.45) is 5.33. The molecule has 0 aliphatic rings. The number of nitrogens with two attached hydrogens (primary N) is 1. The largest absolute Gasteiger partial charge is 0.280 e. The van der Waals surface area contributed by atoms with Crippen LogP contribution < -0.4 is 9.86 Å². The van der Waals surface area contributed by atoms with Crippen LogP contribution in [0.5, 0.6) is 0 Å². The van der Waals surface area contributed by atoms with Crippen molar-refractivity contribution in [2.75, 3.05) is 4.72 Å². The summed E-state index contributed by atoms with van der Waals surface area (Å²) in [5, 5.41) is 5.02. The number of nitrogens with zero attached hydrogens (tertiary/aromatic N) is 1. The minimum atomic E-state index is -3.89. The molecule has 3 rings (SSSR count). The van der Waals surface area contributed by atoms with Crippen LogP contribution in [0.25, 0.3) is 12.2 Å². The molecule has 9 heteroatoms. The van der Waals surface area contributed by atoms with Crippen molar-refractivity contribution in [1.29, 1.82) is 0 Å². The molecule has 3 N–H and O–H groups in total. The fraction of sp³-hybridized carbons (Fsp3) is 0. The summed E-state index contributed by atoms with van der Waals surface area (Å²) in [5.74, 6) is 0. The molecule has 0 amide bonds. The summed E-state index contributed by atoms with van der Waals surface area (Å²) in [4.78, 5) is 3.96. The molecule has 0 aliphatic carbocycles. The molecule has 0 bridgehead atoms. The van der Waals surface area contributed by atoms with Crippen LogP contribution in [0, 0.1) is 0 Å². The highest BCUT2D eigenvalue weighted by atomic mass is 32.2. The predicted octanol–water partition coefficient (Wildman–Crippen LogP) is 2.70. The molecule has 0 fully saturated rings. The Kier molecular flexibility index (Phi) is 5.59. The molecule has 0 saturated heterocycles. The normalized spacial score (nSPS) is 12.2. The van der Waals surface area contributed by atoms with Crippen molar-refractivity contribution in [1.82, 2.24) is 4.98 Å². The van der Waals surface area contributed by atoms with Gasteiger partial charge in [0.05, 0.1) is 15.5 Å². The topological polar surface area (TPSA) is 119 Å². The first-order valence-corrected chi connectivity index (χ1v) is 11.1. The molecule has 28 heavy (non-hydrogen) atoms. The van der Waals surface area contributed by atoms with Gasteiger partial charge in [-0.2, -0.15) is 0 Å². The van der Waals surface area contributed by atoms with Crippen molar-refractivity contribution in [3.63, 3.8) is 0 Å². The zero-order valence-electron chi connectivity index (χ0n) is 14.6. The molecule has 0 unspecified atom stereocenters. The van der Waals surface area contributed by atoms with Gasteiger partial charge in [0, 0.05) is 11.9 Å². The van der Waals surface area contributed by atoms with E-state index in [2.05, 4.69) is 9.71 Å². The monoisotopic (exact) mass is 415 g/mol. The number of primary sulfonamides is 1. The predicted molar refractivity (Wildman–Crippen MR) is 108 cm³/mol. The quantitative estimate of drug-likeness (QED) is 0.641. The molecule has 1 aromatic heterocycles. The van der Waals surface area contributed by atoms with Gasteiger partial charge in [0.2, 0.25) is 10.0 Å². The van der Waals surface area contributed by atoms with E-state index in [-0.39, 0.29) is 9.79 Å². The van der Waals surface area contributed by atoms with Crippen LogP contribution in [-0.2, 0) is 20.0 Å². The smallest absolute Gasteiger partial charge is 0.261 e. The number of anilines is 1. The van der Waals surface area contributed by atoms with Crippen LogP contribution in [0.15, 0.2) is 82.7 Å². The molecule has 0 atom stereocenters. The van der Waals surface area contributed by atoms with Gasteiger partial charge in [-0.15, -0.1) is 0 Å². The number of pyridine rings is 1. The molecule has 7 nitrogen and oxygen atoms in total. The Morgan fingerprint density at radius 2 is 1.54 bits per heavy atom. The summed E-state index contributed by atoms with van der Waals surface area (Å²) in [7, 11) is -7.77. The van der Waals surface area contributed by atoms with Crippen LogP contribution in [0.1, 0.15) is 11.3 Å². The van der Waals surface area contributed by atoms with E-state index >= 15 is 0 Å². The van der Waals surface area contributed by atoms with Gasteiger partial charge < -0.3 is 0 Å². The van der Waals surface area contributed by atoms with Gasteiger partial charge in [-0.1, -0.05) is 24.3 Å². The minimum absolute atomic E-state index is 0.0747. The number of hydrogen-bond acceptors (Lipinski definition) is 5. The number of benzene rings is 2. The van der Waals surface area contributed by atoms with E-state index in [1.165, 1.54) is 12.1 Å². The second-order valence-electron chi connectivity index (χ2n) is 5.84.